The number of allylic oxidation sites excluding steroid dienone is 3. The van der Waals surface area contributed by atoms with Gasteiger partial charge in [0.15, 0.2) is 0 Å². The second-order valence-corrected chi connectivity index (χ2v) is 6.17. The van der Waals surface area contributed by atoms with Crippen LogP contribution < -0.4 is 4.90 Å². The lowest BCUT2D eigenvalue weighted by atomic mass is 10.2. The fourth-order valence-corrected chi connectivity index (χ4v) is 3.48. The molecule has 1 nitrogen and oxygen atoms in total. The van der Waals surface area contributed by atoms with E-state index in [1.165, 1.54) is 21.2 Å². The largest absolute Gasteiger partial charge is 0.344 e. The normalized spacial score (nSPS) is 13.9. The Morgan fingerprint density at radius 1 is 0.905 bits per heavy atom. The lowest BCUT2D eigenvalue weighted by Gasteiger charge is -2.22. The standard InChI is InChI=1S/C19H19NS/c1-20(16-10-4-2-5-11-16)18-14-8-9-15-19(18)21-17-12-6-3-7-13-17/h2,4-6,8-15H,3,7H2,1H3. The van der Waals surface area contributed by atoms with E-state index in [2.05, 4.69) is 84.8 Å². The van der Waals surface area contributed by atoms with Gasteiger partial charge in [-0.2, -0.15) is 0 Å². The van der Waals surface area contributed by atoms with Gasteiger partial charge in [-0.15, -0.1) is 0 Å². The van der Waals surface area contributed by atoms with Gasteiger partial charge in [-0.1, -0.05) is 60.3 Å². The highest BCUT2D eigenvalue weighted by Gasteiger charge is 2.10. The Hall–Kier alpha value is -1.93. The molecular weight excluding hydrogens is 274 g/mol. The summed E-state index contributed by atoms with van der Waals surface area (Å²) in [5, 5.41) is 0. The molecule has 2 aromatic rings. The number of anilines is 2. The third kappa shape index (κ3) is 3.40. The summed E-state index contributed by atoms with van der Waals surface area (Å²) in [6, 6.07) is 19.1. The average Bonchev–Trinajstić information content (AvgIpc) is 2.56. The Morgan fingerprint density at radius 2 is 1.67 bits per heavy atom. The quantitative estimate of drug-likeness (QED) is 0.703. The van der Waals surface area contributed by atoms with E-state index in [0.29, 0.717) is 0 Å². The zero-order valence-electron chi connectivity index (χ0n) is 12.2. The van der Waals surface area contributed by atoms with E-state index in [4.69, 9.17) is 0 Å². The van der Waals surface area contributed by atoms with Crippen molar-refractivity contribution in [3.05, 3.63) is 77.7 Å². The van der Waals surface area contributed by atoms with Crippen LogP contribution in [0, 0.1) is 0 Å². The summed E-state index contributed by atoms with van der Waals surface area (Å²) >= 11 is 1.85. The molecular formula is C19H19NS. The van der Waals surface area contributed by atoms with Crippen LogP contribution in [0.15, 0.2) is 82.6 Å². The van der Waals surface area contributed by atoms with Crippen molar-refractivity contribution < 1.29 is 0 Å². The van der Waals surface area contributed by atoms with Crippen molar-refractivity contribution >= 4 is 23.1 Å². The molecule has 0 aromatic heterocycles. The molecule has 0 fully saturated rings. The van der Waals surface area contributed by atoms with E-state index in [-0.39, 0.29) is 0 Å². The second-order valence-electron chi connectivity index (χ2n) is 5.05. The van der Waals surface area contributed by atoms with Crippen LogP contribution in [0.5, 0.6) is 0 Å². The number of nitrogens with zero attached hydrogens (tertiary/aromatic N) is 1. The molecule has 2 heteroatoms. The van der Waals surface area contributed by atoms with Gasteiger partial charge in [-0.05, 0) is 37.1 Å². The number of para-hydroxylation sites is 2. The van der Waals surface area contributed by atoms with Crippen molar-refractivity contribution in [1.29, 1.82) is 0 Å². The molecule has 0 aliphatic heterocycles. The Balaban J connectivity index is 1.89. The molecule has 0 unspecified atom stereocenters. The van der Waals surface area contributed by atoms with Gasteiger partial charge in [0.25, 0.3) is 0 Å². The molecule has 2 aromatic carbocycles. The van der Waals surface area contributed by atoms with Crippen LogP contribution in [0.2, 0.25) is 0 Å². The number of benzene rings is 2. The first kappa shape index (κ1) is 14.0. The summed E-state index contributed by atoms with van der Waals surface area (Å²) < 4.78 is 0. The van der Waals surface area contributed by atoms with E-state index >= 15 is 0 Å². The second kappa shape index (κ2) is 6.68. The third-order valence-electron chi connectivity index (χ3n) is 3.56. The minimum Gasteiger partial charge on any atom is -0.344 e. The van der Waals surface area contributed by atoms with Crippen molar-refractivity contribution in [3.63, 3.8) is 0 Å². The van der Waals surface area contributed by atoms with Gasteiger partial charge in [0.05, 0.1) is 5.69 Å². The van der Waals surface area contributed by atoms with Crippen molar-refractivity contribution in [2.45, 2.75) is 17.7 Å². The molecule has 0 amide bonds. The topological polar surface area (TPSA) is 3.24 Å². The SMILES string of the molecule is CN(c1ccccc1)c1ccccc1SC1=CCCC=C1. The lowest BCUT2D eigenvalue weighted by Crippen LogP contribution is -2.10. The monoisotopic (exact) mass is 293 g/mol. The predicted octanol–water partition coefficient (Wildman–Crippen LogP) is 5.78. The van der Waals surface area contributed by atoms with E-state index in [9.17, 15) is 0 Å². The molecule has 0 spiro atoms. The molecule has 0 saturated carbocycles. The minimum atomic E-state index is 1.15. The highest BCUT2D eigenvalue weighted by atomic mass is 32.2. The van der Waals surface area contributed by atoms with E-state index in [1.807, 2.05) is 11.8 Å². The average molecular weight is 293 g/mol. The summed E-state index contributed by atoms with van der Waals surface area (Å²) in [7, 11) is 2.12. The van der Waals surface area contributed by atoms with Gasteiger partial charge < -0.3 is 4.90 Å². The maximum absolute atomic E-state index is 2.32. The molecule has 21 heavy (non-hydrogen) atoms. The number of thioether (sulfide) groups is 1. The molecule has 0 N–H and O–H groups in total. The highest BCUT2D eigenvalue weighted by molar-refractivity contribution is 8.03. The van der Waals surface area contributed by atoms with Crippen LogP contribution in [0.3, 0.4) is 0 Å². The summed E-state index contributed by atoms with van der Waals surface area (Å²) in [5.41, 5.74) is 2.45. The summed E-state index contributed by atoms with van der Waals surface area (Å²) in [5.74, 6) is 0. The summed E-state index contributed by atoms with van der Waals surface area (Å²) in [4.78, 5) is 4.88. The van der Waals surface area contributed by atoms with Crippen molar-refractivity contribution in [2.75, 3.05) is 11.9 Å². The Morgan fingerprint density at radius 3 is 2.43 bits per heavy atom. The number of hydrogen-bond acceptors (Lipinski definition) is 2. The van der Waals surface area contributed by atoms with Gasteiger partial charge in [-0.3, -0.25) is 0 Å². The van der Waals surface area contributed by atoms with E-state index < -0.39 is 0 Å². The van der Waals surface area contributed by atoms with Crippen LogP contribution in [-0.2, 0) is 0 Å². The highest BCUT2D eigenvalue weighted by Crippen LogP contribution is 2.38. The smallest absolute Gasteiger partial charge is 0.0549 e. The lowest BCUT2D eigenvalue weighted by molar-refractivity contribution is 1.03. The van der Waals surface area contributed by atoms with Gasteiger partial charge in [0.1, 0.15) is 0 Å². The predicted molar refractivity (Wildman–Crippen MR) is 93.3 cm³/mol. The third-order valence-corrected chi connectivity index (χ3v) is 4.66. The van der Waals surface area contributed by atoms with Crippen LogP contribution in [-0.4, -0.2) is 7.05 Å². The molecule has 1 aliphatic rings. The minimum absolute atomic E-state index is 1.15. The Kier molecular flexibility index (Phi) is 4.46. The number of hydrogen-bond donors (Lipinski definition) is 0. The molecule has 0 radical (unpaired) electrons. The van der Waals surface area contributed by atoms with E-state index in [0.717, 1.165) is 12.8 Å². The molecule has 0 atom stereocenters. The molecule has 3 rings (SSSR count). The van der Waals surface area contributed by atoms with Gasteiger partial charge in [0.2, 0.25) is 0 Å². The zero-order valence-corrected chi connectivity index (χ0v) is 13.0. The van der Waals surface area contributed by atoms with Gasteiger partial charge in [-0.25, -0.2) is 0 Å². The maximum Gasteiger partial charge on any atom is 0.0549 e. The van der Waals surface area contributed by atoms with Crippen LogP contribution >= 0.6 is 11.8 Å². The first-order chi connectivity index (χ1) is 10.3. The summed E-state index contributed by atoms with van der Waals surface area (Å²) in [6.45, 7) is 0. The molecule has 1 aliphatic carbocycles. The first-order valence-corrected chi connectivity index (χ1v) is 8.08. The Bertz CT molecular complexity index is 658. The summed E-state index contributed by atoms with van der Waals surface area (Å²) in [6.07, 6.45) is 9.12. The van der Waals surface area contributed by atoms with Gasteiger partial charge >= 0.3 is 0 Å². The molecule has 0 heterocycles. The van der Waals surface area contributed by atoms with E-state index in [1.54, 1.807) is 0 Å². The molecule has 0 saturated heterocycles. The molecule has 106 valence electrons. The van der Waals surface area contributed by atoms with Crippen LogP contribution in [0.1, 0.15) is 12.8 Å². The zero-order chi connectivity index (χ0) is 14.5. The number of rotatable bonds is 4. The Labute approximate surface area is 131 Å². The van der Waals surface area contributed by atoms with Crippen molar-refractivity contribution in [1.82, 2.24) is 0 Å². The molecule has 0 bridgehead atoms. The van der Waals surface area contributed by atoms with Crippen molar-refractivity contribution in [3.8, 4) is 0 Å². The fourth-order valence-electron chi connectivity index (χ4n) is 2.40. The first-order valence-electron chi connectivity index (χ1n) is 7.27. The van der Waals surface area contributed by atoms with Gasteiger partial charge in [0, 0.05) is 22.5 Å². The van der Waals surface area contributed by atoms with Crippen molar-refractivity contribution in [2.24, 2.45) is 0 Å². The maximum atomic E-state index is 2.32. The van der Waals surface area contributed by atoms with Crippen LogP contribution in [0.25, 0.3) is 0 Å². The van der Waals surface area contributed by atoms with Crippen LogP contribution in [0.4, 0.5) is 11.4 Å². The fraction of sp³-hybridized carbons (Fsp3) is 0.158.